The standard InChI is InChI=1S/C27H27N3O2/c1-27(2,3)22-11-13-23(14-12-22)28-17-21-18-30(24-15-9-20(10-16-24)26(31)32)29-25(21)19-7-5-4-6-8-19/h4-16,18,28H,17H2,1-3H3,(H,31,32). The number of rotatable bonds is 6. The second kappa shape index (κ2) is 8.71. The van der Waals surface area contributed by atoms with E-state index < -0.39 is 5.97 Å². The van der Waals surface area contributed by atoms with E-state index in [0.29, 0.717) is 6.54 Å². The zero-order valence-corrected chi connectivity index (χ0v) is 18.5. The van der Waals surface area contributed by atoms with Crippen molar-refractivity contribution in [2.45, 2.75) is 32.7 Å². The van der Waals surface area contributed by atoms with Crippen LogP contribution in [0.5, 0.6) is 0 Å². The minimum absolute atomic E-state index is 0.121. The minimum atomic E-state index is -0.940. The van der Waals surface area contributed by atoms with E-state index in [4.69, 9.17) is 10.2 Å². The zero-order chi connectivity index (χ0) is 22.7. The van der Waals surface area contributed by atoms with Crippen LogP contribution in [0.4, 0.5) is 5.69 Å². The van der Waals surface area contributed by atoms with Crippen molar-refractivity contribution in [3.8, 4) is 16.9 Å². The van der Waals surface area contributed by atoms with Gasteiger partial charge in [-0.1, -0.05) is 63.2 Å². The van der Waals surface area contributed by atoms with Gasteiger partial charge in [0.2, 0.25) is 0 Å². The van der Waals surface area contributed by atoms with E-state index in [9.17, 15) is 4.79 Å². The van der Waals surface area contributed by atoms with Crippen molar-refractivity contribution in [3.63, 3.8) is 0 Å². The first-order valence-electron chi connectivity index (χ1n) is 10.6. The third-order valence-corrected chi connectivity index (χ3v) is 5.45. The fraction of sp³-hybridized carbons (Fsp3) is 0.185. The van der Waals surface area contributed by atoms with Crippen molar-refractivity contribution in [1.82, 2.24) is 9.78 Å². The second-order valence-electron chi connectivity index (χ2n) is 8.85. The molecule has 0 saturated heterocycles. The summed E-state index contributed by atoms with van der Waals surface area (Å²) < 4.78 is 1.80. The minimum Gasteiger partial charge on any atom is -0.478 e. The summed E-state index contributed by atoms with van der Waals surface area (Å²) in [5.74, 6) is -0.940. The third-order valence-electron chi connectivity index (χ3n) is 5.45. The average Bonchev–Trinajstić information content (AvgIpc) is 3.22. The molecule has 0 radical (unpaired) electrons. The largest absolute Gasteiger partial charge is 0.478 e. The lowest BCUT2D eigenvalue weighted by Crippen LogP contribution is -2.10. The third kappa shape index (κ3) is 4.72. The molecule has 5 nitrogen and oxygen atoms in total. The maximum absolute atomic E-state index is 11.2. The van der Waals surface area contributed by atoms with Gasteiger partial charge in [-0.15, -0.1) is 0 Å². The van der Waals surface area contributed by atoms with Crippen molar-refractivity contribution >= 4 is 11.7 Å². The molecule has 32 heavy (non-hydrogen) atoms. The van der Waals surface area contributed by atoms with Crippen LogP contribution < -0.4 is 5.32 Å². The van der Waals surface area contributed by atoms with Crippen LogP contribution in [0, 0.1) is 0 Å². The van der Waals surface area contributed by atoms with E-state index in [0.717, 1.165) is 28.2 Å². The van der Waals surface area contributed by atoms with Gasteiger partial charge in [-0.25, -0.2) is 9.48 Å². The van der Waals surface area contributed by atoms with E-state index in [1.165, 1.54) is 5.56 Å². The molecular formula is C27H27N3O2. The van der Waals surface area contributed by atoms with Crippen molar-refractivity contribution in [2.24, 2.45) is 0 Å². The lowest BCUT2D eigenvalue weighted by molar-refractivity contribution is 0.0697. The summed E-state index contributed by atoms with van der Waals surface area (Å²) in [5.41, 5.74) is 6.52. The van der Waals surface area contributed by atoms with Gasteiger partial charge in [-0.2, -0.15) is 5.10 Å². The van der Waals surface area contributed by atoms with Gasteiger partial charge in [0, 0.05) is 29.6 Å². The highest BCUT2D eigenvalue weighted by Gasteiger charge is 2.14. The van der Waals surface area contributed by atoms with Crippen LogP contribution in [0.2, 0.25) is 0 Å². The van der Waals surface area contributed by atoms with Crippen molar-refractivity contribution in [3.05, 3.63) is 102 Å². The van der Waals surface area contributed by atoms with Crippen LogP contribution in [0.3, 0.4) is 0 Å². The van der Waals surface area contributed by atoms with Gasteiger partial charge in [-0.05, 0) is 47.4 Å². The predicted molar refractivity (Wildman–Crippen MR) is 128 cm³/mol. The van der Waals surface area contributed by atoms with E-state index in [2.05, 4.69) is 50.4 Å². The van der Waals surface area contributed by atoms with E-state index in [-0.39, 0.29) is 11.0 Å². The molecule has 0 saturated carbocycles. The Balaban J connectivity index is 1.62. The highest BCUT2D eigenvalue weighted by Crippen LogP contribution is 2.26. The Morgan fingerprint density at radius 2 is 1.59 bits per heavy atom. The SMILES string of the molecule is CC(C)(C)c1ccc(NCc2cn(-c3ccc(C(=O)O)cc3)nc2-c2ccccc2)cc1. The number of carboxylic acids is 1. The molecule has 4 aromatic rings. The monoisotopic (exact) mass is 425 g/mol. The van der Waals surface area contributed by atoms with Crippen LogP contribution in [-0.4, -0.2) is 20.9 Å². The predicted octanol–water partition coefficient (Wildman–Crippen LogP) is 6.15. The fourth-order valence-electron chi connectivity index (χ4n) is 3.55. The molecule has 0 fully saturated rings. The van der Waals surface area contributed by atoms with E-state index in [1.54, 1.807) is 28.9 Å². The first-order chi connectivity index (χ1) is 15.3. The topological polar surface area (TPSA) is 67.2 Å². The first kappa shape index (κ1) is 21.4. The number of aromatic nitrogens is 2. The summed E-state index contributed by atoms with van der Waals surface area (Å²) >= 11 is 0. The van der Waals surface area contributed by atoms with Gasteiger partial charge in [0.15, 0.2) is 0 Å². The van der Waals surface area contributed by atoms with Crippen LogP contribution >= 0.6 is 0 Å². The molecule has 0 spiro atoms. The summed E-state index contributed by atoms with van der Waals surface area (Å²) in [4.78, 5) is 11.2. The molecule has 0 atom stereocenters. The first-order valence-corrected chi connectivity index (χ1v) is 10.6. The van der Waals surface area contributed by atoms with Crippen LogP contribution in [0.15, 0.2) is 85.1 Å². The van der Waals surface area contributed by atoms with E-state index >= 15 is 0 Å². The Morgan fingerprint density at radius 1 is 0.938 bits per heavy atom. The molecule has 1 heterocycles. The summed E-state index contributed by atoms with van der Waals surface area (Å²) in [7, 11) is 0. The molecule has 2 N–H and O–H groups in total. The Labute approximate surface area is 188 Å². The van der Waals surface area contributed by atoms with Gasteiger partial charge in [-0.3, -0.25) is 0 Å². The number of carbonyl (C=O) groups is 1. The van der Waals surface area contributed by atoms with Gasteiger partial charge in [0.05, 0.1) is 16.9 Å². The average molecular weight is 426 g/mol. The van der Waals surface area contributed by atoms with Crippen molar-refractivity contribution < 1.29 is 9.90 Å². The van der Waals surface area contributed by atoms with Crippen LogP contribution in [-0.2, 0) is 12.0 Å². The number of anilines is 1. The Morgan fingerprint density at radius 3 is 2.19 bits per heavy atom. The molecule has 1 aromatic heterocycles. The van der Waals surface area contributed by atoms with Crippen molar-refractivity contribution in [1.29, 1.82) is 0 Å². The number of benzene rings is 3. The summed E-state index contributed by atoms with van der Waals surface area (Å²) in [6.45, 7) is 7.24. The quantitative estimate of drug-likeness (QED) is 0.389. The summed E-state index contributed by atoms with van der Waals surface area (Å²) in [5, 5.41) is 17.5. The van der Waals surface area contributed by atoms with Crippen molar-refractivity contribution in [2.75, 3.05) is 5.32 Å². The number of carboxylic acid groups (broad SMARTS) is 1. The molecule has 0 aliphatic rings. The second-order valence-corrected chi connectivity index (χ2v) is 8.85. The Kier molecular flexibility index (Phi) is 5.82. The number of nitrogens with zero attached hydrogens (tertiary/aromatic N) is 2. The normalized spacial score (nSPS) is 11.3. The molecular weight excluding hydrogens is 398 g/mol. The molecule has 0 bridgehead atoms. The molecule has 0 amide bonds. The lowest BCUT2D eigenvalue weighted by Gasteiger charge is -2.19. The van der Waals surface area contributed by atoms with Crippen LogP contribution in [0.1, 0.15) is 42.3 Å². The van der Waals surface area contributed by atoms with Gasteiger partial charge in [0.25, 0.3) is 0 Å². The summed E-state index contributed by atoms with van der Waals surface area (Å²) in [6.07, 6.45) is 1.99. The molecule has 162 valence electrons. The van der Waals surface area contributed by atoms with Crippen LogP contribution in [0.25, 0.3) is 16.9 Å². The lowest BCUT2D eigenvalue weighted by atomic mass is 9.87. The maximum Gasteiger partial charge on any atom is 0.335 e. The Bertz CT molecular complexity index is 1200. The fourth-order valence-corrected chi connectivity index (χ4v) is 3.55. The molecule has 3 aromatic carbocycles. The highest BCUT2D eigenvalue weighted by atomic mass is 16.4. The molecule has 0 unspecified atom stereocenters. The molecule has 4 rings (SSSR count). The van der Waals surface area contributed by atoms with E-state index in [1.807, 2.05) is 36.5 Å². The molecule has 0 aliphatic carbocycles. The maximum atomic E-state index is 11.2. The smallest absolute Gasteiger partial charge is 0.335 e. The Hall–Kier alpha value is -3.86. The number of hydrogen-bond donors (Lipinski definition) is 2. The van der Waals surface area contributed by atoms with Gasteiger partial charge in [0.1, 0.15) is 0 Å². The number of aromatic carboxylic acids is 1. The zero-order valence-electron chi connectivity index (χ0n) is 18.5. The molecule has 5 heteroatoms. The number of hydrogen-bond acceptors (Lipinski definition) is 3. The highest BCUT2D eigenvalue weighted by molar-refractivity contribution is 5.87. The molecule has 0 aliphatic heterocycles. The summed E-state index contributed by atoms with van der Waals surface area (Å²) in [6, 6.07) is 25.3. The van der Waals surface area contributed by atoms with Gasteiger partial charge >= 0.3 is 5.97 Å². The number of nitrogens with one attached hydrogen (secondary N) is 1. The van der Waals surface area contributed by atoms with Gasteiger partial charge < -0.3 is 10.4 Å².